The Hall–Kier alpha value is -0.700. The van der Waals surface area contributed by atoms with Crippen molar-refractivity contribution in [1.29, 1.82) is 0 Å². The zero-order valence-corrected chi connectivity index (χ0v) is 9.39. The molecule has 1 rings (SSSR count). The molecule has 0 unspecified atom stereocenters. The van der Waals surface area contributed by atoms with E-state index in [1.165, 1.54) is 5.56 Å². The Morgan fingerprint density at radius 1 is 1.46 bits per heavy atom. The first-order valence-corrected chi connectivity index (χ1v) is 5.03. The maximum absolute atomic E-state index is 9.52. The van der Waals surface area contributed by atoms with Gasteiger partial charge in [0, 0.05) is 0 Å². The van der Waals surface area contributed by atoms with Gasteiger partial charge in [0.05, 0.1) is 11.6 Å². The number of phenols is 1. The molecule has 0 heterocycles. The molecular formula is C10H13BrO2. The van der Waals surface area contributed by atoms with Crippen LogP contribution in [0.15, 0.2) is 16.6 Å². The van der Waals surface area contributed by atoms with Crippen LogP contribution in [0.2, 0.25) is 0 Å². The van der Waals surface area contributed by atoms with E-state index in [0.29, 0.717) is 10.2 Å². The fourth-order valence-electron chi connectivity index (χ4n) is 1.22. The van der Waals surface area contributed by atoms with Crippen LogP contribution in [0.5, 0.6) is 11.5 Å². The standard InChI is InChI=1S/C10H13BrO2/c1-3-4-7-5-8(11)10(12)9(6-7)13-2/h5-6,12H,3-4H2,1-2H3. The van der Waals surface area contributed by atoms with Gasteiger partial charge < -0.3 is 9.84 Å². The minimum Gasteiger partial charge on any atom is -0.503 e. The highest BCUT2D eigenvalue weighted by molar-refractivity contribution is 9.10. The number of rotatable bonds is 3. The summed E-state index contributed by atoms with van der Waals surface area (Å²) < 4.78 is 5.72. The quantitative estimate of drug-likeness (QED) is 0.886. The fourth-order valence-corrected chi connectivity index (χ4v) is 1.71. The van der Waals surface area contributed by atoms with Gasteiger partial charge in [0.25, 0.3) is 0 Å². The number of halogens is 1. The van der Waals surface area contributed by atoms with Crippen molar-refractivity contribution in [1.82, 2.24) is 0 Å². The Morgan fingerprint density at radius 3 is 2.69 bits per heavy atom. The van der Waals surface area contributed by atoms with Gasteiger partial charge in [-0.3, -0.25) is 0 Å². The van der Waals surface area contributed by atoms with Crippen molar-refractivity contribution < 1.29 is 9.84 Å². The van der Waals surface area contributed by atoms with Crippen molar-refractivity contribution in [3.05, 3.63) is 22.2 Å². The van der Waals surface area contributed by atoms with Gasteiger partial charge in [0.15, 0.2) is 11.5 Å². The number of hydrogen-bond donors (Lipinski definition) is 1. The van der Waals surface area contributed by atoms with Crippen LogP contribution in [0, 0.1) is 0 Å². The molecule has 0 saturated heterocycles. The molecule has 1 aromatic rings. The second-order valence-electron chi connectivity index (χ2n) is 2.88. The molecule has 3 heteroatoms. The van der Waals surface area contributed by atoms with Crippen LogP contribution in [-0.4, -0.2) is 12.2 Å². The number of methoxy groups -OCH3 is 1. The minimum atomic E-state index is 0.169. The lowest BCUT2D eigenvalue weighted by molar-refractivity contribution is 0.371. The summed E-state index contributed by atoms with van der Waals surface area (Å²) in [5.74, 6) is 0.695. The van der Waals surface area contributed by atoms with Crippen molar-refractivity contribution in [3.63, 3.8) is 0 Å². The normalized spacial score (nSPS) is 10.1. The molecule has 0 spiro atoms. The van der Waals surface area contributed by atoms with E-state index in [2.05, 4.69) is 22.9 Å². The maximum Gasteiger partial charge on any atom is 0.172 e. The average Bonchev–Trinajstić information content (AvgIpc) is 2.11. The van der Waals surface area contributed by atoms with Crippen molar-refractivity contribution in [3.8, 4) is 11.5 Å². The minimum absolute atomic E-state index is 0.169. The summed E-state index contributed by atoms with van der Waals surface area (Å²) in [6, 6.07) is 3.78. The van der Waals surface area contributed by atoms with E-state index >= 15 is 0 Å². The molecule has 1 N–H and O–H groups in total. The maximum atomic E-state index is 9.52. The molecule has 1 aromatic carbocycles. The van der Waals surface area contributed by atoms with Gasteiger partial charge in [-0.05, 0) is 40.0 Å². The van der Waals surface area contributed by atoms with Crippen molar-refractivity contribution >= 4 is 15.9 Å². The molecule has 0 fully saturated rings. The molecule has 0 bridgehead atoms. The van der Waals surface area contributed by atoms with Crippen molar-refractivity contribution in [2.75, 3.05) is 7.11 Å². The van der Waals surface area contributed by atoms with Crippen LogP contribution in [0.3, 0.4) is 0 Å². The van der Waals surface area contributed by atoms with Gasteiger partial charge >= 0.3 is 0 Å². The van der Waals surface area contributed by atoms with E-state index in [1.54, 1.807) is 7.11 Å². The largest absolute Gasteiger partial charge is 0.503 e. The number of aromatic hydroxyl groups is 1. The fraction of sp³-hybridized carbons (Fsp3) is 0.400. The number of ether oxygens (including phenoxy) is 1. The lowest BCUT2D eigenvalue weighted by atomic mass is 10.1. The predicted octanol–water partition coefficient (Wildman–Crippen LogP) is 3.12. The topological polar surface area (TPSA) is 29.5 Å². The predicted molar refractivity (Wildman–Crippen MR) is 56.4 cm³/mol. The summed E-state index contributed by atoms with van der Waals surface area (Å²) >= 11 is 3.28. The molecule has 0 atom stereocenters. The molecule has 72 valence electrons. The molecule has 0 saturated carbocycles. The van der Waals surface area contributed by atoms with Gasteiger partial charge in [-0.15, -0.1) is 0 Å². The van der Waals surface area contributed by atoms with Gasteiger partial charge in [0.2, 0.25) is 0 Å². The number of phenolic OH excluding ortho intramolecular Hbond substituents is 1. The Kier molecular flexibility index (Phi) is 3.60. The van der Waals surface area contributed by atoms with Crippen LogP contribution in [-0.2, 0) is 6.42 Å². The van der Waals surface area contributed by atoms with E-state index in [4.69, 9.17) is 4.74 Å². The average molecular weight is 245 g/mol. The molecule has 2 nitrogen and oxygen atoms in total. The summed E-state index contributed by atoms with van der Waals surface area (Å²) in [6.07, 6.45) is 2.08. The van der Waals surface area contributed by atoms with Crippen LogP contribution < -0.4 is 4.74 Å². The van der Waals surface area contributed by atoms with Crippen LogP contribution in [0.1, 0.15) is 18.9 Å². The SMILES string of the molecule is CCCc1cc(Br)c(O)c(OC)c1. The highest BCUT2D eigenvalue weighted by Gasteiger charge is 2.07. The molecule has 0 aromatic heterocycles. The van der Waals surface area contributed by atoms with Crippen LogP contribution in [0.25, 0.3) is 0 Å². The highest BCUT2D eigenvalue weighted by atomic mass is 79.9. The first-order chi connectivity index (χ1) is 6.19. The second kappa shape index (κ2) is 4.51. The van der Waals surface area contributed by atoms with Crippen LogP contribution in [0.4, 0.5) is 0 Å². The third-order valence-electron chi connectivity index (χ3n) is 1.85. The Bertz CT molecular complexity index is 297. The van der Waals surface area contributed by atoms with E-state index in [-0.39, 0.29) is 5.75 Å². The Morgan fingerprint density at radius 2 is 2.15 bits per heavy atom. The molecule has 0 amide bonds. The monoisotopic (exact) mass is 244 g/mol. The van der Waals surface area contributed by atoms with Gasteiger partial charge in [-0.25, -0.2) is 0 Å². The second-order valence-corrected chi connectivity index (χ2v) is 3.73. The van der Waals surface area contributed by atoms with Gasteiger partial charge in [0.1, 0.15) is 0 Å². The van der Waals surface area contributed by atoms with E-state index in [0.717, 1.165) is 12.8 Å². The summed E-state index contributed by atoms with van der Waals surface area (Å²) in [5, 5.41) is 9.52. The Labute approximate surface area is 86.7 Å². The smallest absolute Gasteiger partial charge is 0.172 e. The van der Waals surface area contributed by atoms with E-state index in [9.17, 15) is 5.11 Å². The summed E-state index contributed by atoms with van der Waals surface area (Å²) in [6.45, 7) is 2.12. The lowest BCUT2D eigenvalue weighted by Gasteiger charge is -2.07. The van der Waals surface area contributed by atoms with Crippen LogP contribution >= 0.6 is 15.9 Å². The van der Waals surface area contributed by atoms with E-state index < -0.39 is 0 Å². The molecule has 0 aliphatic heterocycles. The molecular weight excluding hydrogens is 232 g/mol. The van der Waals surface area contributed by atoms with Gasteiger partial charge in [-0.1, -0.05) is 13.3 Å². The lowest BCUT2D eigenvalue weighted by Crippen LogP contribution is -1.89. The third kappa shape index (κ3) is 2.37. The molecule has 0 aliphatic rings. The number of benzene rings is 1. The van der Waals surface area contributed by atoms with Crippen molar-refractivity contribution in [2.45, 2.75) is 19.8 Å². The molecule has 13 heavy (non-hydrogen) atoms. The first kappa shape index (κ1) is 10.4. The number of aryl methyl sites for hydroxylation is 1. The summed E-state index contributed by atoms with van der Waals surface area (Å²) in [4.78, 5) is 0. The molecule has 0 radical (unpaired) electrons. The molecule has 0 aliphatic carbocycles. The Balaban J connectivity index is 3.06. The highest BCUT2D eigenvalue weighted by Crippen LogP contribution is 2.35. The third-order valence-corrected chi connectivity index (χ3v) is 2.45. The summed E-state index contributed by atoms with van der Waals surface area (Å²) in [7, 11) is 1.55. The number of hydrogen-bond acceptors (Lipinski definition) is 2. The zero-order valence-electron chi connectivity index (χ0n) is 7.80. The zero-order chi connectivity index (χ0) is 9.84. The first-order valence-electron chi connectivity index (χ1n) is 4.24. The summed E-state index contributed by atoms with van der Waals surface area (Å²) in [5.41, 5.74) is 1.17. The van der Waals surface area contributed by atoms with E-state index in [1.807, 2.05) is 12.1 Å². The van der Waals surface area contributed by atoms with Crippen molar-refractivity contribution in [2.24, 2.45) is 0 Å². The van der Waals surface area contributed by atoms with Gasteiger partial charge in [-0.2, -0.15) is 0 Å².